The van der Waals surface area contributed by atoms with Crippen LogP contribution in [0.15, 0.2) is 51.7 Å². The standard InChI is InChI=1S/C24H22ClNO5/c1-2-29-16-8-5-14(6-9-16)21-20-22(27)18-12-15(25)7-10-19(18)31-23(20)24(28)26(21)13-17-4-3-11-30-17/h5-10,12,17,21H,2-4,11,13H2,1H3. The van der Waals surface area contributed by atoms with Gasteiger partial charge in [-0.1, -0.05) is 23.7 Å². The SMILES string of the molecule is CCOc1ccc(C2c3c(oc4ccc(Cl)cc4c3=O)C(=O)N2CC2CCCO2)cc1. The van der Waals surface area contributed by atoms with Crippen molar-refractivity contribution in [2.45, 2.75) is 31.9 Å². The first-order valence-electron chi connectivity index (χ1n) is 10.5. The van der Waals surface area contributed by atoms with Gasteiger partial charge in [-0.15, -0.1) is 0 Å². The van der Waals surface area contributed by atoms with Crippen LogP contribution in [0, 0.1) is 0 Å². The van der Waals surface area contributed by atoms with Crippen molar-refractivity contribution in [1.29, 1.82) is 0 Å². The summed E-state index contributed by atoms with van der Waals surface area (Å²) in [7, 11) is 0. The summed E-state index contributed by atoms with van der Waals surface area (Å²) in [5.41, 5.74) is 1.29. The summed E-state index contributed by atoms with van der Waals surface area (Å²) in [6, 6.07) is 11.8. The first kappa shape index (κ1) is 20.1. The monoisotopic (exact) mass is 439 g/mol. The Labute approximate surface area is 184 Å². The molecule has 0 spiro atoms. The maximum absolute atomic E-state index is 13.5. The van der Waals surface area contributed by atoms with E-state index in [-0.39, 0.29) is 23.2 Å². The van der Waals surface area contributed by atoms with Crippen LogP contribution in [0.1, 0.15) is 47.5 Å². The fourth-order valence-electron chi connectivity index (χ4n) is 4.45. The van der Waals surface area contributed by atoms with E-state index in [1.54, 1.807) is 23.1 Å². The van der Waals surface area contributed by atoms with Gasteiger partial charge in [0.05, 0.1) is 29.7 Å². The number of ether oxygens (including phenoxy) is 2. The third-order valence-corrected chi connectivity index (χ3v) is 6.09. The van der Waals surface area contributed by atoms with Crippen LogP contribution in [0.2, 0.25) is 5.02 Å². The second kappa shape index (κ2) is 8.02. The van der Waals surface area contributed by atoms with Crippen LogP contribution in [-0.2, 0) is 4.74 Å². The second-order valence-corrected chi connectivity index (χ2v) is 8.25. The van der Waals surface area contributed by atoms with Crippen LogP contribution in [-0.4, -0.2) is 36.7 Å². The molecule has 1 saturated heterocycles. The van der Waals surface area contributed by atoms with Gasteiger partial charge in [0.2, 0.25) is 5.76 Å². The highest BCUT2D eigenvalue weighted by Gasteiger charge is 2.43. The van der Waals surface area contributed by atoms with Gasteiger partial charge < -0.3 is 18.8 Å². The van der Waals surface area contributed by atoms with Crippen molar-refractivity contribution in [3.05, 3.63) is 74.6 Å². The fraction of sp³-hybridized carbons (Fsp3) is 0.333. The summed E-state index contributed by atoms with van der Waals surface area (Å²) >= 11 is 6.12. The number of carbonyl (C=O) groups is 1. The third-order valence-electron chi connectivity index (χ3n) is 5.86. The smallest absolute Gasteiger partial charge is 0.291 e. The van der Waals surface area contributed by atoms with Gasteiger partial charge in [0.1, 0.15) is 11.3 Å². The van der Waals surface area contributed by atoms with E-state index < -0.39 is 6.04 Å². The highest BCUT2D eigenvalue weighted by Crippen LogP contribution is 2.39. The molecule has 5 rings (SSSR count). The van der Waals surface area contributed by atoms with Crippen molar-refractivity contribution in [3.8, 4) is 5.75 Å². The molecular formula is C24H22ClNO5. The Morgan fingerprint density at radius 1 is 1.16 bits per heavy atom. The molecule has 2 aliphatic heterocycles. The second-order valence-electron chi connectivity index (χ2n) is 7.81. The van der Waals surface area contributed by atoms with E-state index in [0.717, 1.165) is 24.2 Å². The quantitative estimate of drug-likeness (QED) is 0.582. The molecule has 0 saturated carbocycles. The number of hydrogen-bond donors (Lipinski definition) is 0. The predicted octanol–water partition coefficient (Wildman–Crippen LogP) is 4.57. The first-order valence-corrected chi connectivity index (χ1v) is 10.9. The lowest BCUT2D eigenvalue weighted by Crippen LogP contribution is -2.36. The number of carbonyl (C=O) groups excluding carboxylic acids is 1. The molecule has 2 aliphatic rings. The Morgan fingerprint density at radius 2 is 1.97 bits per heavy atom. The molecular weight excluding hydrogens is 418 g/mol. The molecule has 3 aromatic rings. The Hall–Kier alpha value is -2.83. The molecule has 1 fully saturated rings. The molecule has 0 N–H and O–H groups in total. The summed E-state index contributed by atoms with van der Waals surface area (Å²) in [6.45, 7) is 3.57. The van der Waals surface area contributed by atoms with Crippen LogP contribution < -0.4 is 10.2 Å². The van der Waals surface area contributed by atoms with Gasteiger partial charge >= 0.3 is 0 Å². The molecule has 2 aromatic carbocycles. The van der Waals surface area contributed by atoms with Gasteiger partial charge in [-0.2, -0.15) is 0 Å². The van der Waals surface area contributed by atoms with Crippen LogP contribution in [0.25, 0.3) is 11.0 Å². The van der Waals surface area contributed by atoms with Gasteiger partial charge in [0, 0.05) is 18.2 Å². The molecule has 160 valence electrons. The Kier molecular flexibility index (Phi) is 5.20. The van der Waals surface area contributed by atoms with Gasteiger partial charge in [-0.05, 0) is 55.7 Å². The number of benzene rings is 2. The summed E-state index contributed by atoms with van der Waals surface area (Å²) in [6.07, 6.45) is 1.80. The molecule has 2 unspecified atom stereocenters. The normalized spacial score (nSPS) is 20.5. The van der Waals surface area contributed by atoms with E-state index in [4.69, 9.17) is 25.5 Å². The Bertz CT molecular complexity index is 1200. The summed E-state index contributed by atoms with van der Waals surface area (Å²) in [4.78, 5) is 28.6. The fourth-order valence-corrected chi connectivity index (χ4v) is 4.62. The zero-order valence-corrected chi connectivity index (χ0v) is 17.9. The Balaban J connectivity index is 1.66. The lowest BCUT2D eigenvalue weighted by Gasteiger charge is -2.27. The van der Waals surface area contributed by atoms with Crippen LogP contribution in [0.5, 0.6) is 5.75 Å². The van der Waals surface area contributed by atoms with Crippen molar-refractivity contribution < 1.29 is 18.7 Å². The minimum atomic E-state index is -0.554. The third kappa shape index (κ3) is 3.50. The van der Waals surface area contributed by atoms with Crippen LogP contribution >= 0.6 is 11.6 Å². The zero-order chi connectivity index (χ0) is 21.5. The van der Waals surface area contributed by atoms with Gasteiger partial charge in [0.15, 0.2) is 5.43 Å². The van der Waals surface area contributed by atoms with E-state index in [2.05, 4.69) is 0 Å². The molecule has 0 bridgehead atoms. The predicted molar refractivity (Wildman–Crippen MR) is 117 cm³/mol. The van der Waals surface area contributed by atoms with Gasteiger partial charge in [-0.3, -0.25) is 9.59 Å². The van der Waals surface area contributed by atoms with Crippen molar-refractivity contribution in [2.75, 3.05) is 19.8 Å². The Morgan fingerprint density at radius 3 is 2.68 bits per heavy atom. The molecule has 3 heterocycles. The zero-order valence-electron chi connectivity index (χ0n) is 17.1. The largest absolute Gasteiger partial charge is 0.494 e. The number of hydrogen-bond acceptors (Lipinski definition) is 5. The molecule has 31 heavy (non-hydrogen) atoms. The molecule has 0 aliphatic carbocycles. The van der Waals surface area contributed by atoms with Crippen molar-refractivity contribution in [1.82, 2.24) is 4.90 Å². The number of amides is 1. The number of fused-ring (bicyclic) bond motifs is 2. The minimum absolute atomic E-state index is 0.0533. The average molecular weight is 440 g/mol. The number of rotatable bonds is 5. The maximum Gasteiger partial charge on any atom is 0.291 e. The van der Waals surface area contributed by atoms with E-state index in [0.29, 0.717) is 41.3 Å². The van der Waals surface area contributed by atoms with E-state index in [1.165, 1.54) is 0 Å². The first-order chi connectivity index (χ1) is 15.1. The lowest BCUT2D eigenvalue weighted by molar-refractivity contribution is 0.0486. The van der Waals surface area contributed by atoms with E-state index >= 15 is 0 Å². The van der Waals surface area contributed by atoms with Crippen LogP contribution in [0.4, 0.5) is 0 Å². The van der Waals surface area contributed by atoms with Crippen LogP contribution in [0.3, 0.4) is 0 Å². The summed E-state index contributed by atoms with van der Waals surface area (Å²) < 4.78 is 17.3. The highest BCUT2D eigenvalue weighted by molar-refractivity contribution is 6.31. The molecule has 1 amide bonds. The highest BCUT2D eigenvalue weighted by atomic mass is 35.5. The molecule has 6 nitrogen and oxygen atoms in total. The van der Waals surface area contributed by atoms with Crippen molar-refractivity contribution in [3.63, 3.8) is 0 Å². The molecule has 7 heteroatoms. The van der Waals surface area contributed by atoms with Gasteiger partial charge in [0.25, 0.3) is 5.91 Å². The van der Waals surface area contributed by atoms with E-state index in [9.17, 15) is 9.59 Å². The molecule has 2 atom stereocenters. The minimum Gasteiger partial charge on any atom is -0.494 e. The maximum atomic E-state index is 13.5. The van der Waals surface area contributed by atoms with E-state index in [1.807, 2.05) is 31.2 Å². The molecule has 0 radical (unpaired) electrons. The van der Waals surface area contributed by atoms with Crippen molar-refractivity contribution in [2.24, 2.45) is 0 Å². The number of nitrogens with zero attached hydrogens (tertiary/aromatic N) is 1. The summed E-state index contributed by atoms with van der Waals surface area (Å²) in [5.74, 6) is 0.536. The van der Waals surface area contributed by atoms with Crippen molar-refractivity contribution >= 4 is 28.5 Å². The number of halogens is 1. The molecule has 1 aromatic heterocycles. The topological polar surface area (TPSA) is 69.0 Å². The lowest BCUT2D eigenvalue weighted by atomic mass is 9.98. The average Bonchev–Trinajstić information content (AvgIpc) is 3.37. The van der Waals surface area contributed by atoms with Gasteiger partial charge in [-0.25, -0.2) is 0 Å². The summed E-state index contributed by atoms with van der Waals surface area (Å²) in [5, 5.41) is 0.812.